The molecule has 0 fully saturated rings. The molecule has 0 saturated heterocycles. The second-order valence-electron chi connectivity index (χ2n) is 3.79. The number of anilines is 1. The number of rotatable bonds is 3. The molecule has 0 saturated carbocycles. The maximum absolute atomic E-state index is 5.93. The molecule has 0 bridgehead atoms. The zero-order chi connectivity index (χ0) is 12.3. The van der Waals surface area contributed by atoms with Gasteiger partial charge in [-0.3, -0.25) is 0 Å². The van der Waals surface area contributed by atoms with Gasteiger partial charge >= 0.3 is 0 Å². The zero-order valence-corrected chi connectivity index (χ0v) is 9.97. The van der Waals surface area contributed by atoms with Gasteiger partial charge in [0.05, 0.1) is 5.69 Å². The highest BCUT2D eigenvalue weighted by molar-refractivity contribution is 5.58. The van der Waals surface area contributed by atoms with Crippen molar-refractivity contribution in [3.05, 3.63) is 41.9 Å². The average molecular weight is 229 g/mol. The van der Waals surface area contributed by atoms with Crippen LogP contribution in [0.25, 0.3) is 0 Å². The molecule has 1 aromatic carbocycles. The number of ether oxygens (including phenoxy) is 1. The van der Waals surface area contributed by atoms with Crippen molar-refractivity contribution in [2.45, 2.75) is 20.3 Å². The Balaban J connectivity index is 2.28. The fourth-order valence-electron chi connectivity index (χ4n) is 1.48. The number of nitrogens with zero attached hydrogens (tertiary/aromatic N) is 2. The monoisotopic (exact) mass is 229 g/mol. The molecule has 0 amide bonds. The van der Waals surface area contributed by atoms with Crippen LogP contribution in [-0.2, 0) is 6.42 Å². The molecule has 0 spiro atoms. The van der Waals surface area contributed by atoms with E-state index in [-0.39, 0.29) is 0 Å². The normalized spacial score (nSPS) is 10.2. The number of para-hydroxylation sites is 1. The van der Waals surface area contributed by atoms with Crippen LogP contribution in [-0.4, -0.2) is 9.97 Å². The standard InChI is InChI=1S/C13H15N3O/c1-3-10-7-12(16-8-15-10)17-11-6-4-5-9(2)13(11)14/h4-8H,3,14H2,1-2H3. The van der Waals surface area contributed by atoms with E-state index in [9.17, 15) is 0 Å². The highest BCUT2D eigenvalue weighted by Gasteiger charge is 2.05. The highest BCUT2D eigenvalue weighted by atomic mass is 16.5. The first-order valence-corrected chi connectivity index (χ1v) is 5.54. The number of nitrogens with two attached hydrogens (primary N) is 1. The smallest absolute Gasteiger partial charge is 0.222 e. The third-order valence-electron chi connectivity index (χ3n) is 2.56. The van der Waals surface area contributed by atoms with E-state index < -0.39 is 0 Å². The predicted molar refractivity (Wildman–Crippen MR) is 67.1 cm³/mol. The first-order valence-electron chi connectivity index (χ1n) is 5.54. The summed E-state index contributed by atoms with van der Waals surface area (Å²) in [5, 5.41) is 0. The summed E-state index contributed by atoms with van der Waals surface area (Å²) in [7, 11) is 0. The molecule has 0 unspecified atom stereocenters. The summed E-state index contributed by atoms with van der Waals surface area (Å²) >= 11 is 0. The molecule has 4 heteroatoms. The lowest BCUT2D eigenvalue weighted by atomic mass is 10.2. The lowest BCUT2D eigenvalue weighted by Crippen LogP contribution is -1.97. The Labute approximate surface area is 100 Å². The molecule has 0 aliphatic carbocycles. The molecule has 2 N–H and O–H groups in total. The maximum atomic E-state index is 5.93. The molecule has 1 heterocycles. The van der Waals surface area contributed by atoms with Crippen molar-refractivity contribution in [1.82, 2.24) is 9.97 Å². The summed E-state index contributed by atoms with van der Waals surface area (Å²) in [5.74, 6) is 1.15. The summed E-state index contributed by atoms with van der Waals surface area (Å²) in [5.41, 5.74) is 8.51. The van der Waals surface area contributed by atoms with E-state index in [1.807, 2.05) is 38.1 Å². The van der Waals surface area contributed by atoms with Crippen LogP contribution in [0.5, 0.6) is 11.6 Å². The van der Waals surface area contributed by atoms with Crippen LogP contribution in [0.1, 0.15) is 18.2 Å². The molecule has 0 aliphatic rings. The van der Waals surface area contributed by atoms with E-state index in [0.717, 1.165) is 17.7 Å². The van der Waals surface area contributed by atoms with Crippen molar-refractivity contribution in [2.24, 2.45) is 0 Å². The van der Waals surface area contributed by atoms with Crippen molar-refractivity contribution in [1.29, 1.82) is 0 Å². The van der Waals surface area contributed by atoms with Gasteiger partial charge in [-0.2, -0.15) is 0 Å². The molecule has 88 valence electrons. The third kappa shape index (κ3) is 2.53. The number of benzene rings is 1. The number of aryl methyl sites for hydroxylation is 2. The van der Waals surface area contributed by atoms with Crippen LogP contribution in [0.15, 0.2) is 30.6 Å². The van der Waals surface area contributed by atoms with E-state index in [1.165, 1.54) is 6.33 Å². The summed E-state index contributed by atoms with van der Waals surface area (Å²) in [4.78, 5) is 8.18. The highest BCUT2D eigenvalue weighted by Crippen LogP contribution is 2.28. The molecule has 0 radical (unpaired) electrons. The number of nitrogen functional groups attached to an aromatic ring is 1. The largest absolute Gasteiger partial charge is 0.437 e. The minimum Gasteiger partial charge on any atom is -0.437 e. The van der Waals surface area contributed by atoms with Gasteiger partial charge in [-0.1, -0.05) is 19.1 Å². The second-order valence-corrected chi connectivity index (χ2v) is 3.79. The van der Waals surface area contributed by atoms with Crippen molar-refractivity contribution in [2.75, 3.05) is 5.73 Å². The SMILES string of the molecule is CCc1cc(Oc2cccc(C)c2N)ncn1. The van der Waals surface area contributed by atoms with E-state index in [0.29, 0.717) is 17.3 Å². The van der Waals surface area contributed by atoms with Crippen LogP contribution in [0.3, 0.4) is 0 Å². The molecule has 17 heavy (non-hydrogen) atoms. The second kappa shape index (κ2) is 4.82. The molecule has 4 nitrogen and oxygen atoms in total. The van der Waals surface area contributed by atoms with Crippen LogP contribution < -0.4 is 10.5 Å². The Kier molecular flexibility index (Phi) is 3.23. The Bertz CT molecular complexity index is 526. The minimum atomic E-state index is 0.522. The molecule has 0 aliphatic heterocycles. The Morgan fingerprint density at radius 1 is 1.29 bits per heavy atom. The number of hydrogen-bond acceptors (Lipinski definition) is 4. The third-order valence-corrected chi connectivity index (χ3v) is 2.56. The molecule has 2 rings (SSSR count). The summed E-state index contributed by atoms with van der Waals surface area (Å²) < 4.78 is 5.66. The maximum Gasteiger partial charge on any atom is 0.222 e. The Morgan fingerprint density at radius 3 is 2.88 bits per heavy atom. The van der Waals surface area contributed by atoms with Gasteiger partial charge in [0.15, 0.2) is 5.75 Å². The molecule has 1 aromatic heterocycles. The first kappa shape index (κ1) is 11.4. The fourth-order valence-corrected chi connectivity index (χ4v) is 1.48. The summed E-state index contributed by atoms with van der Waals surface area (Å²) in [6, 6.07) is 7.50. The van der Waals surface area contributed by atoms with E-state index in [4.69, 9.17) is 10.5 Å². The molecular weight excluding hydrogens is 214 g/mol. The van der Waals surface area contributed by atoms with Gasteiger partial charge in [0, 0.05) is 11.8 Å². The quantitative estimate of drug-likeness (QED) is 0.822. The van der Waals surface area contributed by atoms with Gasteiger partial charge in [-0.15, -0.1) is 0 Å². The molecule has 0 atom stereocenters. The average Bonchev–Trinajstić information content (AvgIpc) is 2.35. The minimum absolute atomic E-state index is 0.522. The van der Waals surface area contributed by atoms with Crippen LogP contribution >= 0.6 is 0 Å². The topological polar surface area (TPSA) is 61.0 Å². The van der Waals surface area contributed by atoms with Crippen LogP contribution in [0.4, 0.5) is 5.69 Å². The fraction of sp³-hybridized carbons (Fsp3) is 0.231. The van der Waals surface area contributed by atoms with E-state index in [2.05, 4.69) is 9.97 Å². The van der Waals surface area contributed by atoms with Crippen molar-refractivity contribution >= 4 is 5.69 Å². The lowest BCUT2D eigenvalue weighted by molar-refractivity contribution is 0.462. The Hall–Kier alpha value is -2.10. The molecular formula is C13H15N3O. The summed E-state index contributed by atoms with van der Waals surface area (Å²) in [6.45, 7) is 3.98. The van der Waals surface area contributed by atoms with Crippen molar-refractivity contribution < 1.29 is 4.74 Å². The van der Waals surface area contributed by atoms with Crippen molar-refractivity contribution in [3.63, 3.8) is 0 Å². The zero-order valence-electron chi connectivity index (χ0n) is 9.97. The lowest BCUT2D eigenvalue weighted by Gasteiger charge is -2.09. The Morgan fingerprint density at radius 2 is 2.12 bits per heavy atom. The van der Waals surface area contributed by atoms with Gasteiger partial charge < -0.3 is 10.5 Å². The van der Waals surface area contributed by atoms with Crippen LogP contribution in [0, 0.1) is 6.92 Å². The van der Waals surface area contributed by atoms with Gasteiger partial charge in [0.25, 0.3) is 0 Å². The van der Waals surface area contributed by atoms with Crippen LogP contribution in [0.2, 0.25) is 0 Å². The first-order chi connectivity index (χ1) is 8.20. The molecule has 2 aromatic rings. The van der Waals surface area contributed by atoms with Gasteiger partial charge in [0.1, 0.15) is 6.33 Å². The van der Waals surface area contributed by atoms with Gasteiger partial charge in [-0.05, 0) is 25.0 Å². The van der Waals surface area contributed by atoms with Gasteiger partial charge in [-0.25, -0.2) is 9.97 Å². The van der Waals surface area contributed by atoms with E-state index in [1.54, 1.807) is 0 Å². The predicted octanol–water partition coefficient (Wildman–Crippen LogP) is 2.72. The van der Waals surface area contributed by atoms with E-state index >= 15 is 0 Å². The van der Waals surface area contributed by atoms with Gasteiger partial charge in [0.2, 0.25) is 5.88 Å². The number of hydrogen-bond donors (Lipinski definition) is 1. The summed E-state index contributed by atoms with van der Waals surface area (Å²) in [6.07, 6.45) is 2.35. The number of aromatic nitrogens is 2. The van der Waals surface area contributed by atoms with Crippen molar-refractivity contribution in [3.8, 4) is 11.6 Å².